The van der Waals surface area contributed by atoms with Gasteiger partial charge in [-0.05, 0) is 31.6 Å². The van der Waals surface area contributed by atoms with Crippen molar-refractivity contribution >= 4 is 39.5 Å². The maximum atomic E-state index is 13.0. The van der Waals surface area contributed by atoms with E-state index in [0.29, 0.717) is 25.7 Å². The smallest absolute Gasteiger partial charge is 0.462 e. The van der Waals surface area contributed by atoms with Gasteiger partial charge in [0.2, 0.25) is 0 Å². The highest BCUT2D eigenvalue weighted by Crippen LogP contribution is 2.45. The highest BCUT2D eigenvalue weighted by Gasteiger charge is 2.30. The van der Waals surface area contributed by atoms with Crippen LogP contribution in [0.5, 0.6) is 0 Å². The van der Waals surface area contributed by atoms with Gasteiger partial charge in [0.05, 0.1) is 26.4 Å². The molecular weight excluding hydrogens is 1150 g/mol. The first-order chi connectivity index (χ1) is 42.0. The summed E-state index contributed by atoms with van der Waals surface area (Å²) in [7, 11) is -9.89. The van der Waals surface area contributed by atoms with Crippen LogP contribution in [0.1, 0.15) is 349 Å². The Morgan fingerprint density at radius 2 is 0.529 bits per heavy atom. The summed E-state index contributed by atoms with van der Waals surface area (Å²) in [6.45, 7) is 7.17. The molecule has 2 unspecified atom stereocenters. The number of ether oxygens (including phenoxy) is 4. The predicted octanol–water partition coefficient (Wildman–Crippen LogP) is 19.4. The lowest BCUT2D eigenvalue weighted by Crippen LogP contribution is -2.30. The maximum Gasteiger partial charge on any atom is 0.472 e. The molecule has 0 heterocycles. The quantitative estimate of drug-likeness (QED) is 0.0222. The number of esters is 4. The zero-order valence-corrected chi connectivity index (χ0v) is 57.9. The van der Waals surface area contributed by atoms with Crippen molar-refractivity contribution in [1.82, 2.24) is 0 Å². The minimum Gasteiger partial charge on any atom is -0.462 e. The van der Waals surface area contributed by atoms with Crippen LogP contribution in [-0.2, 0) is 65.4 Å². The van der Waals surface area contributed by atoms with E-state index < -0.39 is 97.5 Å². The van der Waals surface area contributed by atoms with Crippen molar-refractivity contribution in [3.05, 3.63) is 0 Å². The number of carbonyl (C=O) groups is 4. The van der Waals surface area contributed by atoms with Crippen LogP contribution in [0.2, 0.25) is 0 Å². The molecule has 0 aromatic heterocycles. The van der Waals surface area contributed by atoms with Gasteiger partial charge in [0.25, 0.3) is 0 Å². The van der Waals surface area contributed by atoms with Gasteiger partial charge in [-0.3, -0.25) is 37.3 Å². The Morgan fingerprint density at radius 1 is 0.310 bits per heavy atom. The Labute approximate surface area is 530 Å². The van der Waals surface area contributed by atoms with Crippen molar-refractivity contribution < 1.29 is 80.2 Å². The highest BCUT2D eigenvalue weighted by molar-refractivity contribution is 7.47. The average molecular weight is 1280 g/mol. The molecule has 0 aliphatic rings. The van der Waals surface area contributed by atoms with E-state index in [1.165, 1.54) is 167 Å². The van der Waals surface area contributed by atoms with Crippen LogP contribution >= 0.6 is 15.6 Å². The van der Waals surface area contributed by atoms with Gasteiger partial charge >= 0.3 is 39.5 Å². The summed E-state index contributed by atoms with van der Waals surface area (Å²) in [6, 6.07) is 0. The third kappa shape index (κ3) is 62.6. The second-order valence-electron chi connectivity index (χ2n) is 25.0. The molecule has 516 valence electrons. The Bertz CT molecular complexity index is 1690. The highest BCUT2D eigenvalue weighted by atomic mass is 31.2. The summed E-state index contributed by atoms with van der Waals surface area (Å²) in [5.74, 6) is -1.39. The topological polar surface area (TPSA) is 237 Å². The summed E-state index contributed by atoms with van der Waals surface area (Å²) in [5.41, 5.74) is 0. The average Bonchev–Trinajstić information content (AvgIpc) is 3.70. The standard InChI is InChI=1S/C68H132O17P2/c1-6-9-12-15-18-21-22-23-24-25-26-27-28-29-33-39-44-49-54-68(73)85-64(58-79-66(71)52-47-42-37-34-30-32-35-40-45-50-61(4)5)60-83-87(76,77)81-56-62(69)55-80-86(74,75)82-59-63(57-78-65(70)51-46-41-36-20-17-14-11-8-3)84-67(72)53-48-43-38-31-19-16-13-10-7-2/h61-64,69H,6-60H2,1-5H3,(H,74,75)(H,76,77)/t62-,63+,64+/m0/s1. The molecule has 5 atom stereocenters. The molecule has 0 aromatic rings. The molecule has 0 spiro atoms. The molecule has 87 heavy (non-hydrogen) atoms. The fraction of sp³-hybridized carbons (Fsp3) is 0.941. The molecule has 0 fully saturated rings. The summed E-state index contributed by atoms with van der Waals surface area (Å²) in [6.07, 6.45) is 47.3. The van der Waals surface area contributed by atoms with Crippen molar-refractivity contribution in [2.24, 2.45) is 5.92 Å². The SMILES string of the molecule is CCCCCCCCCCCCCCCCCCCCC(=O)O[C@H](COC(=O)CCCCCCCCCCCC(C)C)COP(=O)(O)OC[C@@H](O)COP(=O)(O)OC[C@@H](COC(=O)CCCCCCCCCC)OC(=O)CCCCCCCCCCC. The lowest BCUT2D eigenvalue weighted by atomic mass is 10.0. The molecule has 0 aromatic carbocycles. The molecule has 0 saturated carbocycles. The second-order valence-corrected chi connectivity index (χ2v) is 27.9. The summed E-state index contributed by atoms with van der Waals surface area (Å²) in [4.78, 5) is 72.3. The zero-order valence-electron chi connectivity index (χ0n) is 56.2. The van der Waals surface area contributed by atoms with E-state index in [4.69, 9.17) is 37.0 Å². The monoisotopic (exact) mass is 1280 g/mol. The van der Waals surface area contributed by atoms with Gasteiger partial charge in [0, 0.05) is 25.7 Å². The molecule has 0 saturated heterocycles. The van der Waals surface area contributed by atoms with Gasteiger partial charge in [0.1, 0.15) is 19.3 Å². The number of aliphatic hydroxyl groups is 1. The molecule has 17 nitrogen and oxygen atoms in total. The van der Waals surface area contributed by atoms with E-state index in [9.17, 15) is 43.2 Å². The molecule has 0 radical (unpaired) electrons. The van der Waals surface area contributed by atoms with Crippen LogP contribution in [0.3, 0.4) is 0 Å². The van der Waals surface area contributed by atoms with E-state index in [-0.39, 0.29) is 25.7 Å². The number of carbonyl (C=O) groups excluding carboxylic acids is 4. The molecule has 0 aliphatic carbocycles. The zero-order chi connectivity index (χ0) is 64.2. The molecule has 19 heteroatoms. The molecule has 3 N–H and O–H groups in total. The minimum atomic E-state index is -4.95. The Balaban J connectivity index is 5.18. The Hall–Kier alpha value is -1.94. The van der Waals surface area contributed by atoms with Gasteiger partial charge in [0.15, 0.2) is 12.2 Å². The third-order valence-electron chi connectivity index (χ3n) is 15.8. The molecule has 0 rings (SSSR count). The molecule has 0 aliphatic heterocycles. The Kier molecular flexibility index (Phi) is 60.2. The summed E-state index contributed by atoms with van der Waals surface area (Å²) < 4.78 is 68.1. The Morgan fingerprint density at radius 3 is 0.782 bits per heavy atom. The van der Waals surface area contributed by atoms with E-state index in [2.05, 4.69) is 34.6 Å². The number of rotatable bonds is 68. The third-order valence-corrected chi connectivity index (χ3v) is 17.7. The van der Waals surface area contributed by atoms with Gasteiger partial charge in [-0.1, -0.05) is 298 Å². The van der Waals surface area contributed by atoms with Crippen molar-refractivity contribution in [1.29, 1.82) is 0 Å². The normalized spacial score (nSPS) is 14.1. The summed E-state index contributed by atoms with van der Waals surface area (Å²) in [5, 5.41) is 10.6. The number of hydrogen-bond acceptors (Lipinski definition) is 15. The minimum absolute atomic E-state index is 0.106. The fourth-order valence-corrected chi connectivity index (χ4v) is 11.9. The number of aliphatic hydroxyl groups excluding tert-OH is 1. The first-order valence-electron chi connectivity index (χ1n) is 35.6. The number of hydrogen-bond donors (Lipinski definition) is 3. The molecule has 0 bridgehead atoms. The second kappa shape index (κ2) is 61.6. The fourth-order valence-electron chi connectivity index (χ4n) is 10.3. The van der Waals surface area contributed by atoms with Crippen molar-refractivity contribution in [3.8, 4) is 0 Å². The lowest BCUT2D eigenvalue weighted by molar-refractivity contribution is -0.161. The van der Waals surface area contributed by atoms with E-state index >= 15 is 0 Å². The van der Waals surface area contributed by atoms with Crippen LogP contribution in [0, 0.1) is 5.92 Å². The van der Waals surface area contributed by atoms with E-state index in [1.54, 1.807) is 0 Å². The van der Waals surface area contributed by atoms with Crippen molar-refractivity contribution in [3.63, 3.8) is 0 Å². The van der Waals surface area contributed by atoms with Crippen LogP contribution in [0.4, 0.5) is 0 Å². The molecule has 0 amide bonds. The first kappa shape index (κ1) is 85.1. The van der Waals surface area contributed by atoms with E-state index in [1.807, 2.05) is 0 Å². The van der Waals surface area contributed by atoms with Crippen molar-refractivity contribution in [2.45, 2.75) is 368 Å². The van der Waals surface area contributed by atoms with Crippen LogP contribution < -0.4 is 0 Å². The van der Waals surface area contributed by atoms with Crippen LogP contribution in [-0.4, -0.2) is 96.7 Å². The first-order valence-corrected chi connectivity index (χ1v) is 38.6. The maximum absolute atomic E-state index is 13.0. The number of unbranched alkanes of at least 4 members (excludes halogenated alkanes) is 40. The van der Waals surface area contributed by atoms with Crippen molar-refractivity contribution in [2.75, 3.05) is 39.6 Å². The van der Waals surface area contributed by atoms with E-state index in [0.717, 1.165) is 102 Å². The number of phosphoric ester groups is 2. The lowest BCUT2D eigenvalue weighted by Gasteiger charge is -2.21. The number of phosphoric acid groups is 2. The van der Waals surface area contributed by atoms with Crippen LogP contribution in [0.25, 0.3) is 0 Å². The van der Waals surface area contributed by atoms with Gasteiger partial charge in [-0.15, -0.1) is 0 Å². The summed E-state index contributed by atoms with van der Waals surface area (Å²) >= 11 is 0. The largest absolute Gasteiger partial charge is 0.472 e. The van der Waals surface area contributed by atoms with Gasteiger partial charge < -0.3 is 33.8 Å². The predicted molar refractivity (Wildman–Crippen MR) is 349 cm³/mol. The molecular formula is C68H132O17P2. The van der Waals surface area contributed by atoms with Crippen LogP contribution in [0.15, 0.2) is 0 Å². The van der Waals surface area contributed by atoms with Gasteiger partial charge in [-0.25, -0.2) is 9.13 Å². The van der Waals surface area contributed by atoms with Gasteiger partial charge in [-0.2, -0.15) is 0 Å².